The number of hydrogen-bond donors (Lipinski definition) is 2. The van der Waals surface area contributed by atoms with Crippen molar-refractivity contribution >= 4 is 69.4 Å². The molecule has 38 heavy (non-hydrogen) atoms. The largest absolute Gasteiger partial charge is 0.459 e. The van der Waals surface area contributed by atoms with Gasteiger partial charge in [-0.3, -0.25) is 9.78 Å². The van der Waals surface area contributed by atoms with Gasteiger partial charge in [-0.25, -0.2) is 0 Å². The van der Waals surface area contributed by atoms with E-state index < -0.39 is 0 Å². The Bertz CT molecular complexity index is 1510. The summed E-state index contributed by atoms with van der Waals surface area (Å²) < 4.78 is 6.37. The van der Waals surface area contributed by atoms with E-state index in [0.29, 0.717) is 37.4 Å². The second-order valence-corrected chi connectivity index (χ2v) is 10.8. The Balaban J connectivity index is 1.56. The van der Waals surface area contributed by atoms with Gasteiger partial charge in [0.25, 0.3) is 0 Å². The number of amides is 1. The van der Waals surface area contributed by atoms with Crippen LogP contribution >= 0.6 is 47.0 Å². The van der Waals surface area contributed by atoms with E-state index in [9.17, 15) is 4.79 Å². The van der Waals surface area contributed by atoms with E-state index in [1.807, 2.05) is 61.2 Å². The van der Waals surface area contributed by atoms with Crippen LogP contribution in [-0.2, 0) is 4.79 Å². The molecule has 194 valence electrons. The van der Waals surface area contributed by atoms with E-state index in [0.717, 1.165) is 16.9 Å². The second kappa shape index (κ2) is 10.9. The van der Waals surface area contributed by atoms with Gasteiger partial charge in [-0.2, -0.15) is 0 Å². The lowest BCUT2D eigenvalue weighted by Crippen LogP contribution is -2.29. The average molecular weight is 586 g/mol. The van der Waals surface area contributed by atoms with Gasteiger partial charge in [-0.05, 0) is 72.9 Å². The number of hydrogen-bond acceptors (Lipinski definition) is 4. The first-order chi connectivity index (χ1) is 18.2. The first kappa shape index (κ1) is 26.5. The topological polar surface area (TPSA) is 70.4 Å². The molecule has 10 heteroatoms. The van der Waals surface area contributed by atoms with Crippen LogP contribution in [0, 0.1) is 5.92 Å². The molecule has 1 amide bonds. The van der Waals surface area contributed by atoms with E-state index in [4.69, 9.17) is 51.4 Å². The van der Waals surface area contributed by atoms with Gasteiger partial charge in [0.05, 0.1) is 27.5 Å². The molecule has 0 aliphatic carbocycles. The van der Waals surface area contributed by atoms with Crippen molar-refractivity contribution in [3.8, 4) is 11.3 Å². The lowest BCUT2D eigenvalue weighted by atomic mass is 10.0. The van der Waals surface area contributed by atoms with Crippen molar-refractivity contribution in [2.75, 3.05) is 10.2 Å². The average Bonchev–Trinajstić information content (AvgIpc) is 3.50. The SMILES string of the molecule is CC(C)C(=O)Nc1ccc(N2C(=S)N[C@H](c3ccccn3)[C@H]2c2ccc(-c3ccc(Cl)cc3Cl)o2)cc1Cl. The summed E-state index contributed by atoms with van der Waals surface area (Å²) in [6, 6.07) is 19.5. The highest BCUT2D eigenvalue weighted by Crippen LogP contribution is 2.44. The molecule has 1 aliphatic heterocycles. The highest BCUT2D eigenvalue weighted by Gasteiger charge is 2.42. The van der Waals surface area contributed by atoms with Crippen molar-refractivity contribution in [3.05, 3.63) is 99.4 Å². The molecule has 2 N–H and O–H groups in total. The number of halogens is 3. The third kappa shape index (κ3) is 5.24. The Morgan fingerprint density at radius 3 is 2.55 bits per heavy atom. The van der Waals surface area contributed by atoms with Crippen molar-refractivity contribution in [2.45, 2.75) is 25.9 Å². The van der Waals surface area contributed by atoms with Crippen molar-refractivity contribution in [3.63, 3.8) is 0 Å². The van der Waals surface area contributed by atoms with Crippen LogP contribution in [-0.4, -0.2) is 16.0 Å². The standard InChI is InChI=1S/C28H23Cl3N4O2S/c1-15(2)27(36)33-21-9-7-17(14-20(21)31)35-26(25(34-28(35)38)22-5-3-4-12-32-22)24-11-10-23(37-24)18-8-6-16(29)13-19(18)30/h3-15,25-26H,1-2H3,(H,33,36)(H,34,38)/t25-,26-/m1/s1. The number of anilines is 2. The predicted molar refractivity (Wildman–Crippen MR) is 157 cm³/mol. The minimum atomic E-state index is -0.385. The van der Waals surface area contributed by atoms with Gasteiger partial charge in [0.2, 0.25) is 5.91 Å². The van der Waals surface area contributed by atoms with Crippen molar-refractivity contribution in [1.29, 1.82) is 0 Å². The molecule has 0 bridgehead atoms. The van der Waals surface area contributed by atoms with Gasteiger partial charge in [0.1, 0.15) is 17.6 Å². The molecule has 0 spiro atoms. The maximum Gasteiger partial charge on any atom is 0.226 e. The highest BCUT2D eigenvalue weighted by atomic mass is 35.5. The van der Waals surface area contributed by atoms with Crippen molar-refractivity contribution in [1.82, 2.24) is 10.3 Å². The molecular weight excluding hydrogens is 563 g/mol. The van der Waals surface area contributed by atoms with E-state index in [-0.39, 0.29) is 23.9 Å². The number of furan rings is 1. The second-order valence-electron chi connectivity index (χ2n) is 9.13. The zero-order valence-electron chi connectivity index (χ0n) is 20.4. The Labute approximate surface area is 240 Å². The Hall–Kier alpha value is -3.10. The maximum atomic E-state index is 12.2. The molecule has 1 fully saturated rings. The third-order valence-electron chi connectivity index (χ3n) is 6.23. The normalized spacial score (nSPS) is 17.1. The van der Waals surface area contributed by atoms with Crippen molar-refractivity contribution < 1.29 is 9.21 Å². The van der Waals surface area contributed by atoms with Gasteiger partial charge in [0.15, 0.2) is 5.11 Å². The van der Waals surface area contributed by atoms with Gasteiger partial charge in [0, 0.05) is 28.4 Å². The van der Waals surface area contributed by atoms with Crippen LogP contribution in [0.25, 0.3) is 11.3 Å². The molecule has 0 saturated carbocycles. The summed E-state index contributed by atoms with van der Waals surface area (Å²) in [6.45, 7) is 3.65. The van der Waals surface area contributed by atoms with Crippen LogP contribution in [0.4, 0.5) is 11.4 Å². The molecule has 0 unspecified atom stereocenters. The number of rotatable bonds is 6. The van der Waals surface area contributed by atoms with Crippen LogP contribution < -0.4 is 15.5 Å². The van der Waals surface area contributed by atoms with Gasteiger partial charge in [-0.1, -0.05) is 54.7 Å². The molecule has 2 aromatic carbocycles. The van der Waals surface area contributed by atoms with E-state index >= 15 is 0 Å². The predicted octanol–water partition coefficient (Wildman–Crippen LogP) is 8.07. The van der Waals surface area contributed by atoms with Crippen LogP contribution in [0.15, 0.2) is 77.3 Å². The molecular formula is C28H23Cl3N4O2S. The molecule has 0 radical (unpaired) electrons. The molecule has 2 aromatic heterocycles. The summed E-state index contributed by atoms with van der Waals surface area (Å²) in [4.78, 5) is 18.7. The molecule has 5 rings (SSSR count). The molecule has 2 atom stereocenters. The van der Waals surface area contributed by atoms with Gasteiger partial charge < -0.3 is 20.0 Å². The number of aromatic nitrogens is 1. The van der Waals surface area contributed by atoms with Crippen molar-refractivity contribution in [2.24, 2.45) is 5.92 Å². The Kier molecular flexibility index (Phi) is 7.63. The lowest BCUT2D eigenvalue weighted by Gasteiger charge is -2.26. The number of benzene rings is 2. The molecule has 3 heterocycles. The maximum absolute atomic E-state index is 12.2. The molecule has 4 aromatic rings. The highest BCUT2D eigenvalue weighted by molar-refractivity contribution is 7.80. The summed E-state index contributed by atoms with van der Waals surface area (Å²) in [7, 11) is 0. The van der Waals surface area contributed by atoms with Crippen LogP contribution in [0.5, 0.6) is 0 Å². The van der Waals surface area contributed by atoms with Gasteiger partial charge >= 0.3 is 0 Å². The molecule has 6 nitrogen and oxygen atoms in total. The Morgan fingerprint density at radius 1 is 1.05 bits per heavy atom. The van der Waals surface area contributed by atoms with Gasteiger partial charge in [-0.15, -0.1) is 0 Å². The number of pyridine rings is 1. The summed E-state index contributed by atoms with van der Waals surface area (Å²) in [5.74, 6) is 0.966. The van der Waals surface area contributed by atoms with E-state index in [2.05, 4.69) is 15.6 Å². The van der Waals surface area contributed by atoms with E-state index in [1.54, 1.807) is 30.5 Å². The quantitative estimate of drug-likeness (QED) is 0.223. The third-order valence-corrected chi connectivity index (χ3v) is 7.40. The lowest BCUT2D eigenvalue weighted by molar-refractivity contribution is -0.118. The fourth-order valence-corrected chi connectivity index (χ4v) is 5.37. The monoisotopic (exact) mass is 584 g/mol. The minimum Gasteiger partial charge on any atom is -0.459 e. The molecule has 1 saturated heterocycles. The van der Waals surface area contributed by atoms with Crippen LogP contribution in [0.3, 0.4) is 0 Å². The fraction of sp³-hybridized carbons (Fsp3) is 0.179. The smallest absolute Gasteiger partial charge is 0.226 e. The van der Waals surface area contributed by atoms with Crippen LogP contribution in [0.1, 0.15) is 37.4 Å². The zero-order chi connectivity index (χ0) is 27.0. The summed E-state index contributed by atoms with van der Waals surface area (Å²) in [5, 5.41) is 8.17. The first-order valence-corrected chi connectivity index (χ1v) is 13.4. The summed E-state index contributed by atoms with van der Waals surface area (Å²) in [6.07, 6.45) is 1.74. The molecule has 1 aliphatic rings. The summed E-state index contributed by atoms with van der Waals surface area (Å²) in [5.41, 5.74) is 2.80. The minimum absolute atomic E-state index is 0.116. The number of nitrogens with one attached hydrogen (secondary N) is 2. The van der Waals surface area contributed by atoms with Crippen LogP contribution in [0.2, 0.25) is 15.1 Å². The number of thiocarbonyl (C=S) groups is 1. The summed E-state index contributed by atoms with van der Waals surface area (Å²) >= 11 is 24.9. The number of carbonyl (C=O) groups is 1. The first-order valence-electron chi connectivity index (χ1n) is 11.9. The Morgan fingerprint density at radius 2 is 1.87 bits per heavy atom. The number of nitrogens with zero attached hydrogens (tertiary/aromatic N) is 2. The zero-order valence-corrected chi connectivity index (χ0v) is 23.5. The van der Waals surface area contributed by atoms with E-state index in [1.165, 1.54) is 0 Å². The fourth-order valence-electron chi connectivity index (χ4n) is 4.30. The number of carbonyl (C=O) groups excluding carboxylic acids is 1.